The second-order valence-electron chi connectivity index (χ2n) is 6.30. The van der Waals surface area contributed by atoms with Gasteiger partial charge in [0.15, 0.2) is 0 Å². The lowest BCUT2D eigenvalue weighted by molar-refractivity contribution is 0.0204. The van der Waals surface area contributed by atoms with Gasteiger partial charge in [0.2, 0.25) is 0 Å². The van der Waals surface area contributed by atoms with Gasteiger partial charge in [-0.15, -0.1) is 0 Å². The highest BCUT2D eigenvalue weighted by Gasteiger charge is 2.29. The van der Waals surface area contributed by atoms with Gasteiger partial charge < -0.3 is 14.7 Å². The maximum Gasteiger partial charge on any atom is 0.410 e. The number of halogens is 1. The van der Waals surface area contributed by atoms with Crippen LogP contribution in [0.1, 0.15) is 45.2 Å². The lowest BCUT2D eigenvalue weighted by Gasteiger charge is -2.33. The molecular weight excluding hydrogens is 275 g/mol. The Labute approximate surface area is 123 Å². The van der Waals surface area contributed by atoms with E-state index in [1.807, 2.05) is 20.8 Å². The van der Waals surface area contributed by atoms with Gasteiger partial charge >= 0.3 is 6.09 Å². The molecule has 1 aliphatic heterocycles. The van der Waals surface area contributed by atoms with E-state index in [9.17, 15) is 14.3 Å². The molecule has 116 valence electrons. The summed E-state index contributed by atoms with van der Waals surface area (Å²) in [5, 5.41) is 9.76. The Bertz CT molecular complexity index is 520. The Morgan fingerprint density at radius 2 is 2.05 bits per heavy atom. The third kappa shape index (κ3) is 4.06. The highest BCUT2D eigenvalue weighted by molar-refractivity contribution is 5.68. The molecule has 0 bridgehead atoms. The number of piperidine rings is 1. The Morgan fingerprint density at radius 3 is 2.57 bits per heavy atom. The molecule has 6 heteroatoms. The molecule has 5 nitrogen and oxygen atoms in total. The average Bonchev–Trinajstić information content (AvgIpc) is 2.37. The fourth-order valence-electron chi connectivity index (χ4n) is 2.42. The van der Waals surface area contributed by atoms with Crippen molar-refractivity contribution in [2.24, 2.45) is 0 Å². The Hall–Kier alpha value is -1.85. The SMILES string of the molecule is CC(C)(C)OC(=O)N1CCC(c2ncc(F)cc2O)CC1. The van der Waals surface area contributed by atoms with Gasteiger partial charge in [-0.2, -0.15) is 0 Å². The minimum absolute atomic E-state index is 0.0317. The van der Waals surface area contributed by atoms with Gasteiger partial charge in [-0.25, -0.2) is 9.18 Å². The van der Waals surface area contributed by atoms with E-state index in [-0.39, 0.29) is 17.8 Å². The molecule has 1 saturated heterocycles. The number of aromatic hydroxyl groups is 1. The molecule has 0 aliphatic carbocycles. The first kappa shape index (κ1) is 15.5. The Kier molecular flexibility index (Phi) is 4.34. The van der Waals surface area contributed by atoms with Gasteiger partial charge in [-0.1, -0.05) is 0 Å². The van der Waals surface area contributed by atoms with Gasteiger partial charge in [0.1, 0.15) is 17.2 Å². The zero-order valence-corrected chi connectivity index (χ0v) is 12.6. The van der Waals surface area contributed by atoms with E-state index in [1.165, 1.54) is 0 Å². The zero-order chi connectivity index (χ0) is 15.6. The van der Waals surface area contributed by atoms with Crippen molar-refractivity contribution in [2.75, 3.05) is 13.1 Å². The van der Waals surface area contributed by atoms with Gasteiger partial charge in [0, 0.05) is 25.1 Å². The van der Waals surface area contributed by atoms with Crippen molar-refractivity contribution in [1.82, 2.24) is 9.88 Å². The van der Waals surface area contributed by atoms with Crippen molar-refractivity contribution in [2.45, 2.75) is 45.1 Å². The van der Waals surface area contributed by atoms with E-state index in [1.54, 1.807) is 4.90 Å². The van der Waals surface area contributed by atoms with Crippen LogP contribution in [-0.2, 0) is 4.74 Å². The summed E-state index contributed by atoms with van der Waals surface area (Å²) in [6.07, 6.45) is 2.13. The molecule has 0 atom stereocenters. The number of likely N-dealkylation sites (tertiary alicyclic amines) is 1. The van der Waals surface area contributed by atoms with E-state index >= 15 is 0 Å². The third-order valence-electron chi connectivity index (χ3n) is 3.40. The van der Waals surface area contributed by atoms with Crippen LogP contribution in [-0.4, -0.2) is 39.8 Å². The van der Waals surface area contributed by atoms with Crippen LogP contribution in [0.15, 0.2) is 12.3 Å². The molecule has 2 heterocycles. The number of amides is 1. The van der Waals surface area contributed by atoms with Crippen LogP contribution >= 0.6 is 0 Å². The highest BCUT2D eigenvalue weighted by atomic mass is 19.1. The van der Waals surface area contributed by atoms with E-state index in [2.05, 4.69) is 4.98 Å². The molecule has 1 amide bonds. The summed E-state index contributed by atoms with van der Waals surface area (Å²) in [7, 11) is 0. The van der Waals surface area contributed by atoms with Crippen molar-refractivity contribution >= 4 is 6.09 Å². The summed E-state index contributed by atoms with van der Waals surface area (Å²) in [5.74, 6) is -0.641. The molecule has 1 aliphatic rings. The molecule has 0 radical (unpaired) electrons. The predicted molar refractivity (Wildman–Crippen MR) is 75.6 cm³/mol. The van der Waals surface area contributed by atoms with Gasteiger partial charge in [-0.3, -0.25) is 4.98 Å². The summed E-state index contributed by atoms with van der Waals surface area (Å²) >= 11 is 0. The first-order chi connectivity index (χ1) is 9.76. The molecule has 2 rings (SSSR count). The zero-order valence-electron chi connectivity index (χ0n) is 12.6. The summed E-state index contributed by atoms with van der Waals surface area (Å²) in [4.78, 5) is 17.6. The predicted octanol–water partition coefficient (Wildman–Crippen LogP) is 3.04. The molecule has 1 aromatic heterocycles. The Balaban J connectivity index is 1.95. The average molecular weight is 296 g/mol. The lowest BCUT2D eigenvalue weighted by atomic mass is 9.92. The van der Waals surface area contributed by atoms with Crippen LogP contribution in [0.4, 0.5) is 9.18 Å². The number of carbonyl (C=O) groups excluding carboxylic acids is 1. The van der Waals surface area contributed by atoms with E-state index in [0.29, 0.717) is 31.6 Å². The van der Waals surface area contributed by atoms with E-state index in [4.69, 9.17) is 4.74 Å². The van der Waals surface area contributed by atoms with E-state index in [0.717, 1.165) is 12.3 Å². The van der Waals surface area contributed by atoms with Crippen molar-refractivity contribution < 1.29 is 19.0 Å². The number of hydrogen-bond donors (Lipinski definition) is 1. The number of pyridine rings is 1. The molecule has 21 heavy (non-hydrogen) atoms. The van der Waals surface area contributed by atoms with Crippen LogP contribution in [0.5, 0.6) is 5.75 Å². The fourth-order valence-corrected chi connectivity index (χ4v) is 2.42. The maximum atomic E-state index is 12.9. The minimum Gasteiger partial charge on any atom is -0.506 e. The van der Waals surface area contributed by atoms with Gasteiger partial charge in [0.05, 0.1) is 11.9 Å². The molecule has 1 fully saturated rings. The quantitative estimate of drug-likeness (QED) is 0.865. The van der Waals surface area contributed by atoms with Crippen LogP contribution in [0.3, 0.4) is 0 Å². The standard InChI is InChI=1S/C15H21FN2O3/c1-15(2,3)21-14(20)18-6-4-10(5-7-18)13-12(19)8-11(16)9-17-13/h8-10,19H,4-7H2,1-3H3. The highest BCUT2D eigenvalue weighted by Crippen LogP contribution is 2.32. The maximum absolute atomic E-state index is 12.9. The molecule has 1 aromatic rings. The minimum atomic E-state index is -0.553. The number of nitrogens with zero attached hydrogens (tertiary/aromatic N) is 2. The van der Waals surface area contributed by atoms with E-state index < -0.39 is 11.4 Å². The molecule has 0 aromatic carbocycles. The summed E-state index contributed by atoms with van der Waals surface area (Å²) in [6, 6.07) is 1.07. The van der Waals surface area contributed by atoms with Crippen LogP contribution in [0.2, 0.25) is 0 Å². The lowest BCUT2D eigenvalue weighted by Crippen LogP contribution is -2.41. The van der Waals surface area contributed by atoms with Crippen molar-refractivity contribution in [1.29, 1.82) is 0 Å². The van der Waals surface area contributed by atoms with Gasteiger partial charge in [0.25, 0.3) is 0 Å². The number of hydrogen-bond acceptors (Lipinski definition) is 4. The second-order valence-corrected chi connectivity index (χ2v) is 6.30. The fraction of sp³-hybridized carbons (Fsp3) is 0.600. The smallest absolute Gasteiger partial charge is 0.410 e. The number of rotatable bonds is 1. The number of aromatic nitrogens is 1. The topological polar surface area (TPSA) is 62.7 Å². The summed E-state index contributed by atoms with van der Waals surface area (Å²) in [5.41, 5.74) is -0.00899. The molecule has 0 spiro atoms. The first-order valence-electron chi connectivity index (χ1n) is 7.08. The van der Waals surface area contributed by atoms with Crippen LogP contribution in [0, 0.1) is 5.82 Å². The third-order valence-corrected chi connectivity index (χ3v) is 3.40. The van der Waals surface area contributed by atoms with Crippen LogP contribution in [0.25, 0.3) is 0 Å². The second kappa shape index (κ2) is 5.87. The molecule has 0 unspecified atom stereocenters. The number of carbonyl (C=O) groups is 1. The molecule has 1 N–H and O–H groups in total. The van der Waals surface area contributed by atoms with Crippen molar-refractivity contribution in [3.63, 3.8) is 0 Å². The Morgan fingerprint density at radius 1 is 1.43 bits per heavy atom. The van der Waals surface area contributed by atoms with Gasteiger partial charge in [-0.05, 0) is 33.6 Å². The monoisotopic (exact) mass is 296 g/mol. The summed E-state index contributed by atoms with van der Waals surface area (Å²) in [6.45, 7) is 6.57. The summed E-state index contributed by atoms with van der Waals surface area (Å²) < 4.78 is 18.3. The first-order valence-corrected chi connectivity index (χ1v) is 7.08. The molecular formula is C15H21FN2O3. The van der Waals surface area contributed by atoms with Crippen LogP contribution < -0.4 is 0 Å². The van der Waals surface area contributed by atoms with Crippen molar-refractivity contribution in [3.05, 3.63) is 23.8 Å². The normalized spacial score (nSPS) is 16.9. The number of ether oxygens (including phenoxy) is 1. The van der Waals surface area contributed by atoms with Crippen molar-refractivity contribution in [3.8, 4) is 5.75 Å². The largest absolute Gasteiger partial charge is 0.506 e. The molecule has 0 saturated carbocycles.